The summed E-state index contributed by atoms with van der Waals surface area (Å²) in [7, 11) is 0. The van der Waals surface area contributed by atoms with Gasteiger partial charge in [-0.1, -0.05) is 24.3 Å². The zero-order chi connectivity index (χ0) is 17.4. The lowest BCUT2D eigenvalue weighted by molar-refractivity contribution is -0.147. The van der Waals surface area contributed by atoms with Crippen LogP contribution in [0.15, 0.2) is 24.3 Å². The highest BCUT2D eigenvalue weighted by Crippen LogP contribution is 2.44. The molecule has 1 N–H and O–H groups in total. The summed E-state index contributed by atoms with van der Waals surface area (Å²) in [6.07, 6.45) is 1.53. The van der Waals surface area contributed by atoms with Gasteiger partial charge in [-0.15, -0.1) is 0 Å². The summed E-state index contributed by atoms with van der Waals surface area (Å²) in [6, 6.07) is 6.31. The third-order valence-electron chi connectivity index (χ3n) is 5.37. The van der Waals surface area contributed by atoms with E-state index in [0.29, 0.717) is 26.3 Å². The van der Waals surface area contributed by atoms with Crippen LogP contribution in [0.2, 0.25) is 0 Å². The number of alkyl halides is 2. The van der Waals surface area contributed by atoms with Gasteiger partial charge < -0.3 is 9.84 Å². The van der Waals surface area contributed by atoms with E-state index in [2.05, 4.69) is 4.90 Å². The molecule has 1 aromatic rings. The molecule has 1 atom stereocenters. The van der Waals surface area contributed by atoms with Gasteiger partial charge in [-0.25, -0.2) is 8.78 Å². The molecule has 6 heteroatoms. The summed E-state index contributed by atoms with van der Waals surface area (Å²) < 4.78 is 32.0. The van der Waals surface area contributed by atoms with Crippen LogP contribution >= 0.6 is 0 Å². The Kier molecular flexibility index (Phi) is 4.62. The Morgan fingerprint density at radius 3 is 2.50 bits per heavy atom. The van der Waals surface area contributed by atoms with Crippen LogP contribution in [0.3, 0.4) is 0 Å². The summed E-state index contributed by atoms with van der Waals surface area (Å²) in [5.74, 6) is -3.98. The molecule has 1 unspecified atom stereocenters. The molecule has 3 rings (SSSR count). The van der Waals surface area contributed by atoms with Crippen LogP contribution < -0.4 is 0 Å². The second-order valence-electron chi connectivity index (χ2n) is 7.12. The van der Waals surface area contributed by atoms with Crippen LogP contribution in [-0.2, 0) is 22.0 Å². The Labute approximate surface area is 140 Å². The van der Waals surface area contributed by atoms with Crippen LogP contribution in [0.25, 0.3) is 0 Å². The van der Waals surface area contributed by atoms with Crippen LogP contribution in [0.5, 0.6) is 0 Å². The minimum Gasteiger partial charge on any atom is -0.481 e. The fraction of sp³-hybridized carbons (Fsp3) is 0.611. The van der Waals surface area contributed by atoms with Crippen molar-refractivity contribution >= 4 is 5.97 Å². The molecule has 2 heterocycles. The molecule has 1 spiro atoms. The van der Waals surface area contributed by atoms with Crippen molar-refractivity contribution < 1.29 is 23.4 Å². The van der Waals surface area contributed by atoms with E-state index in [-0.39, 0.29) is 16.9 Å². The highest BCUT2D eigenvalue weighted by atomic mass is 19.3. The molecule has 1 aromatic carbocycles. The average molecular weight is 339 g/mol. The summed E-state index contributed by atoms with van der Waals surface area (Å²) >= 11 is 0. The van der Waals surface area contributed by atoms with Gasteiger partial charge in [-0.3, -0.25) is 9.69 Å². The smallest absolute Gasteiger partial charge is 0.308 e. The van der Waals surface area contributed by atoms with Gasteiger partial charge in [0.05, 0.1) is 5.92 Å². The van der Waals surface area contributed by atoms with E-state index in [1.54, 1.807) is 12.1 Å². The molecule has 2 aliphatic heterocycles. The van der Waals surface area contributed by atoms with Gasteiger partial charge >= 0.3 is 5.97 Å². The maximum Gasteiger partial charge on any atom is 0.308 e. The molecule has 0 aliphatic carbocycles. The number of likely N-dealkylation sites (tertiary alicyclic amines) is 1. The predicted molar refractivity (Wildman–Crippen MR) is 84.9 cm³/mol. The number of hydrogen-bond acceptors (Lipinski definition) is 3. The Morgan fingerprint density at radius 1 is 1.33 bits per heavy atom. The molecule has 0 radical (unpaired) electrons. The first-order valence-corrected chi connectivity index (χ1v) is 8.30. The van der Waals surface area contributed by atoms with Crippen molar-refractivity contribution in [2.75, 3.05) is 26.3 Å². The van der Waals surface area contributed by atoms with E-state index < -0.39 is 11.9 Å². The Balaban J connectivity index is 1.71. The third-order valence-corrected chi connectivity index (χ3v) is 5.37. The molecule has 0 aromatic heterocycles. The molecule has 2 aliphatic rings. The number of aliphatic carboxylic acids is 1. The highest BCUT2D eigenvalue weighted by Gasteiger charge is 2.50. The van der Waals surface area contributed by atoms with Crippen molar-refractivity contribution in [1.29, 1.82) is 0 Å². The van der Waals surface area contributed by atoms with Crippen molar-refractivity contribution in [1.82, 2.24) is 4.90 Å². The number of halogens is 2. The first-order valence-electron chi connectivity index (χ1n) is 8.30. The molecule has 0 bridgehead atoms. The monoisotopic (exact) mass is 339 g/mol. The van der Waals surface area contributed by atoms with Gasteiger partial charge in [0.25, 0.3) is 5.92 Å². The second-order valence-corrected chi connectivity index (χ2v) is 7.12. The fourth-order valence-corrected chi connectivity index (χ4v) is 3.98. The minimum absolute atomic E-state index is 0.00279. The lowest BCUT2D eigenvalue weighted by atomic mass is 9.72. The second kappa shape index (κ2) is 6.41. The largest absolute Gasteiger partial charge is 0.481 e. The number of benzene rings is 1. The summed E-state index contributed by atoms with van der Waals surface area (Å²) in [6.45, 7) is 3.91. The van der Waals surface area contributed by atoms with Crippen molar-refractivity contribution in [2.24, 2.45) is 11.3 Å². The van der Waals surface area contributed by atoms with E-state index in [1.807, 2.05) is 0 Å². The normalized spacial score (nSPS) is 24.4. The molecule has 2 fully saturated rings. The zero-order valence-electron chi connectivity index (χ0n) is 13.8. The third kappa shape index (κ3) is 3.44. The van der Waals surface area contributed by atoms with E-state index in [4.69, 9.17) is 4.74 Å². The molecule has 2 saturated heterocycles. The first-order chi connectivity index (χ1) is 11.3. The molecule has 132 valence electrons. The van der Waals surface area contributed by atoms with Gasteiger partial charge in [0.15, 0.2) is 0 Å². The summed E-state index contributed by atoms with van der Waals surface area (Å²) in [5, 5.41) is 9.59. The van der Waals surface area contributed by atoms with E-state index >= 15 is 0 Å². The van der Waals surface area contributed by atoms with Crippen molar-refractivity contribution in [2.45, 2.75) is 32.2 Å². The van der Waals surface area contributed by atoms with Gasteiger partial charge in [-0.2, -0.15) is 0 Å². The maximum absolute atomic E-state index is 13.3. The minimum atomic E-state index is -2.84. The van der Waals surface area contributed by atoms with Gasteiger partial charge in [-0.05, 0) is 18.4 Å². The first kappa shape index (κ1) is 17.3. The number of hydrogen-bond donors (Lipinski definition) is 1. The SMILES string of the molecule is CC(F)(F)c1ccc(CN2CC(C(=O)O)C3(CCOCC3)C2)cc1. The number of carboxylic acid groups (broad SMARTS) is 1. The number of carbonyl (C=O) groups is 1. The van der Waals surface area contributed by atoms with Crippen LogP contribution in [0.4, 0.5) is 8.78 Å². The maximum atomic E-state index is 13.3. The fourth-order valence-electron chi connectivity index (χ4n) is 3.98. The average Bonchev–Trinajstić information content (AvgIpc) is 2.85. The van der Waals surface area contributed by atoms with Gasteiger partial charge in [0, 0.05) is 50.8 Å². The summed E-state index contributed by atoms with van der Waals surface area (Å²) in [5.41, 5.74) is 0.703. The van der Waals surface area contributed by atoms with Crippen LogP contribution in [0, 0.1) is 11.3 Å². The van der Waals surface area contributed by atoms with Gasteiger partial charge in [0.1, 0.15) is 0 Å². The van der Waals surface area contributed by atoms with Crippen LogP contribution in [0.1, 0.15) is 30.9 Å². The summed E-state index contributed by atoms with van der Waals surface area (Å²) in [4.78, 5) is 13.8. The van der Waals surface area contributed by atoms with Gasteiger partial charge in [0.2, 0.25) is 0 Å². The highest BCUT2D eigenvalue weighted by molar-refractivity contribution is 5.72. The number of rotatable bonds is 4. The lowest BCUT2D eigenvalue weighted by Gasteiger charge is -2.36. The lowest BCUT2D eigenvalue weighted by Crippen LogP contribution is -2.40. The standard InChI is InChI=1S/C18H23F2NO3/c1-17(19,20)14-4-2-13(3-5-14)10-21-11-15(16(22)23)18(12-21)6-8-24-9-7-18/h2-5,15H,6-12H2,1H3,(H,22,23). The molecule has 24 heavy (non-hydrogen) atoms. The molecule has 0 saturated carbocycles. The molecule has 0 amide bonds. The zero-order valence-corrected chi connectivity index (χ0v) is 13.8. The van der Waals surface area contributed by atoms with E-state index in [0.717, 1.165) is 31.9 Å². The van der Waals surface area contributed by atoms with Crippen molar-refractivity contribution in [3.8, 4) is 0 Å². The Morgan fingerprint density at radius 2 is 1.96 bits per heavy atom. The molecular weight excluding hydrogens is 316 g/mol. The van der Waals surface area contributed by atoms with Crippen molar-refractivity contribution in [3.05, 3.63) is 35.4 Å². The predicted octanol–water partition coefficient (Wildman–Crippen LogP) is 3.11. The topological polar surface area (TPSA) is 49.8 Å². The Bertz CT molecular complexity index is 591. The Hall–Kier alpha value is -1.53. The molecular formula is C18H23F2NO3. The number of nitrogens with zero attached hydrogens (tertiary/aromatic N) is 1. The van der Waals surface area contributed by atoms with Crippen molar-refractivity contribution in [3.63, 3.8) is 0 Å². The molecule has 4 nitrogen and oxygen atoms in total. The van der Waals surface area contributed by atoms with E-state index in [1.165, 1.54) is 12.1 Å². The number of carboxylic acids is 1. The van der Waals surface area contributed by atoms with E-state index in [9.17, 15) is 18.7 Å². The quantitative estimate of drug-likeness (QED) is 0.916. The number of ether oxygens (including phenoxy) is 1. The van der Waals surface area contributed by atoms with Crippen LogP contribution in [-0.4, -0.2) is 42.3 Å².